The van der Waals surface area contributed by atoms with Gasteiger partial charge in [-0.15, -0.1) is 0 Å². The molecular weight excluding hydrogens is 436 g/mol. The van der Waals surface area contributed by atoms with Crippen LogP contribution in [0.5, 0.6) is 0 Å². The maximum absolute atomic E-state index is 13.3. The molecule has 186 valence electrons. The molecule has 0 bridgehead atoms. The zero-order valence-electron chi connectivity index (χ0n) is 19.7. The molecule has 0 aromatic heterocycles. The number of hydrogen-bond donors (Lipinski definition) is 3. The van der Waals surface area contributed by atoms with Crippen LogP contribution in [-0.2, 0) is 14.3 Å². The predicted octanol–water partition coefficient (Wildman–Crippen LogP) is 2.68. The number of alkyl carbamates (subject to hydrolysis) is 1. The zero-order chi connectivity index (χ0) is 23.9. The lowest BCUT2D eigenvalue weighted by Crippen LogP contribution is -2.53. The smallest absolute Gasteiger partial charge is 0.407 e. The van der Waals surface area contributed by atoms with Crippen LogP contribution in [0.2, 0.25) is 0 Å². The number of ether oxygens (including phenoxy) is 1. The lowest BCUT2D eigenvalue weighted by atomic mass is 9.76. The molecule has 1 saturated heterocycles. The second-order valence-electron chi connectivity index (χ2n) is 9.66. The first kappa shape index (κ1) is 24.3. The fourth-order valence-corrected chi connectivity index (χ4v) is 5.56. The summed E-state index contributed by atoms with van der Waals surface area (Å²) in [6.07, 6.45) is 5.62. The van der Waals surface area contributed by atoms with E-state index in [2.05, 4.69) is 22.3 Å². The molecule has 1 aromatic rings. The summed E-state index contributed by atoms with van der Waals surface area (Å²) in [5, 5.41) is 12.2. The molecule has 0 spiro atoms. The highest BCUT2D eigenvalue weighted by Crippen LogP contribution is 2.34. The van der Waals surface area contributed by atoms with E-state index < -0.39 is 29.9 Å². The van der Waals surface area contributed by atoms with Crippen LogP contribution in [0.15, 0.2) is 30.3 Å². The number of nitrogens with zero attached hydrogens (tertiary/aromatic N) is 2. The second kappa shape index (κ2) is 11.6. The van der Waals surface area contributed by atoms with Crippen LogP contribution in [0.3, 0.4) is 0 Å². The van der Waals surface area contributed by atoms with Gasteiger partial charge in [0.25, 0.3) is 0 Å². The van der Waals surface area contributed by atoms with Crippen molar-refractivity contribution >= 4 is 23.6 Å². The van der Waals surface area contributed by atoms with Crippen molar-refractivity contribution in [2.24, 2.45) is 11.8 Å². The summed E-state index contributed by atoms with van der Waals surface area (Å²) in [7, 11) is 0. The van der Waals surface area contributed by atoms with Gasteiger partial charge in [0.1, 0.15) is 6.10 Å². The van der Waals surface area contributed by atoms with Gasteiger partial charge in [-0.3, -0.25) is 14.8 Å². The van der Waals surface area contributed by atoms with Gasteiger partial charge < -0.3 is 19.9 Å². The van der Waals surface area contributed by atoms with E-state index >= 15 is 0 Å². The average molecular weight is 473 g/mol. The Labute approximate surface area is 200 Å². The molecule has 0 radical (unpaired) electrons. The number of anilines is 1. The quantitative estimate of drug-likeness (QED) is 0.449. The highest BCUT2D eigenvalue weighted by Gasteiger charge is 2.42. The third kappa shape index (κ3) is 6.00. The Hall–Kier alpha value is -2.81. The van der Waals surface area contributed by atoms with Gasteiger partial charge in [-0.25, -0.2) is 10.3 Å². The molecule has 1 aliphatic heterocycles. The topological polar surface area (TPSA) is 111 Å². The molecule has 2 aliphatic carbocycles. The third-order valence-corrected chi connectivity index (χ3v) is 7.48. The van der Waals surface area contributed by atoms with Crippen molar-refractivity contribution in [3.63, 3.8) is 0 Å². The molecule has 3 aliphatic rings. The van der Waals surface area contributed by atoms with Gasteiger partial charge in [0.15, 0.2) is 0 Å². The van der Waals surface area contributed by atoms with Crippen LogP contribution >= 0.6 is 0 Å². The Balaban J connectivity index is 1.31. The van der Waals surface area contributed by atoms with Gasteiger partial charge in [0.05, 0.1) is 11.8 Å². The SMILES string of the molecule is O=C(NC1CCCCC1)O[C@@H]1CC[C@H](C(=O)N2CCN(c3ccccc3)CC2)[C@@H](C(=O)NO)C1. The first-order chi connectivity index (χ1) is 16.5. The molecule has 34 heavy (non-hydrogen) atoms. The number of benzene rings is 1. The molecule has 3 atom stereocenters. The molecule has 9 heteroatoms. The van der Waals surface area contributed by atoms with Crippen molar-refractivity contribution in [3.05, 3.63) is 30.3 Å². The minimum absolute atomic E-state index is 0.0635. The van der Waals surface area contributed by atoms with Crippen LogP contribution in [-0.4, -0.2) is 66.3 Å². The number of carbonyl (C=O) groups is 3. The Kier molecular flexibility index (Phi) is 8.26. The fourth-order valence-electron chi connectivity index (χ4n) is 5.56. The summed E-state index contributed by atoms with van der Waals surface area (Å²) in [5.41, 5.74) is 2.85. The summed E-state index contributed by atoms with van der Waals surface area (Å²) < 4.78 is 5.61. The summed E-state index contributed by atoms with van der Waals surface area (Å²) >= 11 is 0. The molecule has 2 saturated carbocycles. The van der Waals surface area contributed by atoms with Crippen molar-refractivity contribution in [2.45, 2.75) is 63.5 Å². The summed E-state index contributed by atoms with van der Waals surface area (Å²) in [6, 6.07) is 10.2. The average Bonchev–Trinajstić information content (AvgIpc) is 2.89. The minimum atomic E-state index is -0.731. The van der Waals surface area contributed by atoms with E-state index in [0.717, 1.165) is 44.5 Å². The van der Waals surface area contributed by atoms with Crippen molar-refractivity contribution in [3.8, 4) is 0 Å². The van der Waals surface area contributed by atoms with Crippen LogP contribution in [0.4, 0.5) is 10.5 Å². The monoisotopic (exact) mass is 472 g/mol. The van der Waals surface area contributed by atoms with Crippen LogP contribution < -0.4 is 15.7 Å². The number of para-hydroxylation sites is 1. The normalized spacial score (nSPS) is 26.0. The van der Waals surface area contributed by atoms with Gasteiger partial charge >= 0.3 is 6.09 Å². The van der Waals surface area contributed by atoms with E-state index in [1.54, 1.807) is 5.48 Å². The molecule has 3 fully saturated rings. The predicted molar refractivity (Wildman–Crippen MR) is 126 cm³/mol. The van der Waals surface area contributed by atoms with Gasteiger partial charge in [0.2, 0.25) is 11.8 Å². The molecule has 3 amide bonds. The third-order valence-electron chi connectivity index (χ3n) is 7.48. The molecule has 1 aromatic carbocycles. The lowest BCUT2D eigenvalue weighted by molar-refractivity contribution is -0.149. The van der Waals surface area contributed by atoms with Crippen molar-refractivity contribution in [2.75, 3.05) is 31.1 Å². The largest absolute Gasteiger partial charge is 0.446 e. The van der Waals surface area contributed by atoms with Gasteiger partial charge in [-0.2, -0.15) is 0 Å². The Bertz CT molecular complexity index is 837. The van der Waals surface area contributed by atoms with Crippen LogP contribution in [0.1, 0.15) is 51.4 Å². The standard InChI is InChI=1S/C25H36N4O5/c30-23(27-33)22-17-20(34-25(32)26-18-7-3-1-4-8-18)11-12-21(22)24(31)29-15-13-28(14-16-29)19-9-5-2-6-10-19/h2,5-6,9-10,18,20-22,33H,1,3-4,7-8,11-17H2,(H,26,32)(H,27,30)/t20-,21+,22+/m1/s1. The zero-order valence-corrected chi connectivity index (χ0v) is 19.7. The van der Waals surface area contributed by atoms with Crippen molar-refractivity contribution < 1.29 is 24.3 Å². The molecule has 0 unspecified atom stereocenters. The van der Waals surface area contributed by atoms with Gasteiger partial charge in [-0.1, -0.05) is 37.5 Å². The molecule has 1 heterocycles. The summed E-state index contributed by atoms with van der Waals surface area (Å²) in [4.78, 5) is 42.2. The van der Waals surface area contributed by atoms with E-state index in [1.807, 2.05) is 23.1 Å². The van der Waals surface area contributed by atoms with E-state index in [9.17, 15) is 19.6 Å². The van der Waals surface area contributed by atoms with E-state index in [0.29, 0.717) is 25.9 Å². The number of hydroxylamine groups is 1. The highest BCUT2D eigenvalue weighted by molar-refractivity contribution is 5.87. The Morgan fingerprint density at radius 1 is 0.882 bits per heavy atom. The number of carbonyl (C=O) groups excluding carboxylic acids is 3. The van der Waals surface area contributed by atoms with Crippen LogP contribution in [0.25, 0.3) is 0 Å². The van der Waals surface area contributed by atoms with E-state index in [1.165, 1.54) is 6.42 Å². The maximum Gasteiger partial charge on any atom is 0.407 e. The lowest BCUT2D eigenvalue weighted by Gasteiger charge is -2.40. The second-order valence-corrected chi connectivity index (χ2v) is 9.66. The number of nitrogens with one attached hydrogen (secondary N) is 2. The van der Waals surface area contributed by atoms with Crippen LogP contribution in [0, 0.1) is 11.8 Å². The molecule has 4 rings (SSSR count). The highest BCUT2D eigenvalue weighted by atomic mass is 16.6. The minimum Gasteiger partial charge on any atom is -0.446 e. The van der Waals surface area contributed by atoms with E-state index in [-0.39, 0.29) is 18.4 Å². The number of rotatable bonds is 5. The molecule has 9 nitrogen and oxygen atoms in total. The van der Waals surface area contributed by atoms with Gasteiger partial charge in [0, 0.05) is 37.9 Å². The van der Waals surface area contributed by atoms with Crippen molar-refractivity contribution in [1.29, 1.82) is 0 Å². The van der Waals surface area contributed by atoms with Crippen molar-refractivity contribution in [1.82, 2.24) is 15.7 Å². The van der Waals surface area contributed by atoms with Gasteiger partial charge in [-0.05, 0) is 44.2 Å². The first-order valence-electron chi connectivity index (χ1n) is 12.5. The fraction of sp³-hybridized carbons (Fsp3) is 0.640. The molecular formula is C25H36N4O5. The Morgan fingerprint density at radius 3 is 2.26 bits per heavy atom. The first-order valence-corrected chi connectivity index (χ1v) is 12.5. The van der Waals surface area contributed by atoms with E-state index in [4.69, 9.17) is 4.74 Å². The number of hydrogen-bond acceptors (Lipinski definition) is 6. The summed E-state index contributed by atoms with van der Waals surface area (Å²) in [6.45, 7) is 2.63. The molecule has 3 N–H and O–H groups in total. The maximum atomic E-state index is 13.3. The Morgan fingerprint density at radius 2 is 1.59 bits per heavy atom. The summed E-state index contributed by atoms with van der Waals surface area (Å²) in [5.74, 6) is -1.92. The number of piperazine rings is 1. The number of amides is 3.